The molecule has 6 nitrogen and oxygen atoms in total. The van der Waals surface area contributed by atoms with E-state index in [-0.39, 0.29) is 5.91 Å². The molecule has 182 valence electrons. The van der Waals surface area contributed by atoms with E-state index in [4.69, 9.17) is 21.4 Å². The minimum absolute atomic E-state index is 0.322. The molecule has 4 aromatic carbocycles. The maximum Gasteiger partial charge on any atom is 0.271 e. The van der Waals surface area contributed by atoms with Crippen LogP contribution in [0.15, 0.2) is 120 Å². The molecular weight excluding hydrogens is 484 g/mol. The van der Waals surface area contributed by atoms with Gasteiger partial charge in [0.1, 0.15) is 18.1 Å². The van der Waals surface area contributed by atoms with Crippen LogP contribution in [0.5, 0.6) is 5.75 Å². The number of nitrogens with zero attached hydrogens (tertiary/aromatic N) is 3. The van der Waals surface area contributed by atoms with Crippen molar-refractivity contribution in [3.05, 3.63) is 137 Å². The lowest BCUT2D eigenvalue weighted by Crippen LogP contribution is -2.17. The summed E-state index contributed by atoms with van der Waals surface area (Å²) in [7, 11) is 0. The number of halogens is 1. The number of rotatable bonds is 8. The average Bonchev–Trinajstić information content (AvgIpc) is 3.38. The molecule has 0 aliphatic heterocycles. The lowest BCUT2D eigenvalue weighted by atomic mass is 10.1. The smallest absolute Gasteiger partial charge is 0.271 e. The fourth-order valence-corrected chi connectivity index (χ4v) is 3.82. The minimum Gasteiger partial charge on any atom is -0.489 e. The Kier molecular flexibility index (Phi) is 7.39. The summed E-state index contributed by atoms with van der Waals surface area (Å²) in [6.45, 7) is 0.410. The highest BCUT2D eigenvalue weighted by Gasteiger charge is 2.11. The van der Waals surface area contributed by atoms with Gasteiger partial charge in [-0.05, 0) is 54.1 Å². The van der Waals surface area contributed by atoms with Gasteiger partial charge in [0.05, 0.1) is 11.9 Å². The topological polar surface area (TPSA) is 68.5 Å². The maximum atomic E-state index is 12.6. The van der Waals surface area contributed by atoms with Crippen molar-refractivity contribution in [1.29, 1.82) is 0 Å². The molecule has 0 atom stereocenters. The van der Waals surface area contributed by atoms with E-state index in [0.29, 0.717) is 22.9 Å². The highest BCUT2D eigenvalue weighted by atomic mass is 35.5. The van der Waals surface area contributed by atoms with Crippen LogP contribution in [0.2, 0.25) is 5.02 Å². The molecular formula is C30H23ClN4O2. The van der Waals surface area contributed by atoms with E-state index in [9.17, 15) is 4.79 Å². The molecule has 0 saturated carbocycles. The maximum absolute atomic E-state index is 12.6. The van der Waals surface area contributed by atoms with Crippen LogP contribution in [0, 0.1) is 0 Å². The Bertz CT molecular complexity index is 1500. The predicted octanol–water partition coefficient (Wildman–Crippen LogP) is 6.54. The van der Waals surface area contributed by atoms with Crippen LogP contribution in [0.1, 0.15) is 21.5 Å². The zero-order valence-corrected chi connectivity index (χ0v) is 20.5. The van der Waals surface area contributed by atoms with Gasteiger partial charge in [-0.2, -0.15) is 10.2 Å². The Labute approximate surface area is 219 Å². The van der Waals surface area contributed by atoms with Crippen LogP contribution in [-0.4, -0.2) is 21.9 Å². The number of amides is 1. The van der Waals surface area contributed by atoms with E-state index in [0.717, 1.165) is 28.1 Å². The minimum atomic E-state index is -0.322. The fraction of sp³-hybridized carbons (Fsp3) is 0.0333. The van der Waals surface area contributed by atoms with E-state index in [1.54, 1.807) is 35.2 Å². The molecule has 1 N–H and O–H groups in total. The molecule has 1 amide bonds. The molecule has 0 aliphatic carbocycles. The number of hydrazone groups is 1. The summed E-state index contributed by atoms with van der Waals surface area (Å²) in [5, 5.41) is 9.63. The average molecular weight is 507 g/mol. The molecule has 0 unspecified atom stereocenters. The second-order valence-corrected chi connectivity index (χ2v) is 8.65. The zero-order valence-electron chi connectivity index (χ0n) is 19.8. The first-order chi connectivity index (χ1) is 18.2. The summed E-state index contributed by atoms with van der Waals surface area (Å²) in [6, 6.07) is 34.1. The number of ether oxygens (including phenoxy) is 1. The van der Waals surface area contributed by atoms with Gasteiger partial charge in [0.15, 0.2) is 0 Å². The Morgan fingerprint density at radius 1 is 0.892 bits per heavy atom. The van der Waals surface area contributed by atoms with Gasteiger partial charge < -0.3 is 4.74 Å². The molecule has 1 heterocycles. The first-order valence-electron chi connectivity index (χ1n) is 11.7. The van der Waals surface area contributed by atoms with Crippen molar-refractivity contribution >= 4 is 23.7 Å². The van der Waals surface area contributed by atoms with Gasteiger partial charge in [-0.1, -0.05) is 72.3 Å². The Morgan fingerprint density at radius 2 is 1.57 bits per heavy atom. The molecule has 0 spiro atoms. The van der Waals surface area contributed by atoms with Crippen LogP contribution < -0.4 is 10.2 Å². The van der Waals surface area contributed by atoms with Crippen LogP contribution in [0.4, 0.5) is 0 Å². The number of aromatic nitrogens is 2. The summed E-state index contributed by atoms with van der Waals surface area (Å²) in [6.07, 6.45) is 3.50. The van der Waals surface area contributed by atoms with Gasteiger partial charge >= 0.3 is 0 Å². The van der Waals surface area contributed by atoms with Gasteiger partial charge in [-0.25, -0.2) is 10.1 Å². The summed E-state index contributed by atoms with van der Waals surface area (Å²) >= 11 is 5.92. The van der Waals surface area contributed by atoms with Crippen LogP contribution in [0.3, 0.4) is 0 Å². The number of hydrogen-bond donors (Lipinski definition) is 1. The number of carbonyl (C=O) groups excluding carboxylic acids is 1. The lowest BCUT2D eigenvalue weighted by Gasteiger charge is -2.07. The van der Waals surface area contributed by atoms with E-state index in [1.807, 2.05) is 91.1 Å². The van der Waals surface area contributed by atoms with Gasteiger partial charge in [0, 0.05) is 27.9 Å². The number of benzene rings is 4. The third-order valence-electron chi connectivity index (χ3n) is 5.62. The molecule has 0 radical (unpaired) electrons. The number of carbonyl (C=O) groups is 1. The van der Waals surface area contributed by atoms with Crippen LogP contribution in [-0.2, 0) is 6.61 Å². The van der Waals surface area contributed by atoms with Gasteiger partial charge in [-0.15, -0.1) is 0 Å². The van der Waals surface area contributed by atoms with Crippen LogP contribution in [0.25, 0.3) is 16.9 Å². The normalized spacial score (nSPS) is 10.9. The van der Waals surface area contributed by atoms with Crippen molar-refractivity contribution < 1.29 is 9.53 Å². The third-order valence-corrected chi connectivity index (χ3v) is 5.87. The number of nitrogens with one attached hydrogen (secondary N) is 1. The van der Waals surface area contributed by atoms with Crippen molar-refractivity contribution in [2.24, 2.45) is 5.10 Å². The van der Waals surface area contributed by atoms with E-state index < -0.39 is 0 Å². The van der Waals surface area contributed by atoms with E-state index in [1.165, 1.54) is 0 Å². The van der Waals surface area contributed by atoms with Crippen molar-refractivity contribution in [3.8, 4) is 22.7 Å². The van der Waals surface area contributed by atoms with E-state index >= 15 is 0 Å². The molecule has 0 saturated heterocycles. The monoisotopic (exact) mass is 506 g/mol. The Hall–Kier alpha value is -4.68. The molecule has 0 aliphatic rings. The summed E-state index contributed by atoms with van der Waals surface area (Å²) in [5.74, 6) is 0.341. The van der Waals surface area contributed by atoms with Gasteiger partial charge in [-0.3, -0.25) is 4.79 Å². The molecule has 5 rings (SSSR count). The molecule has 7 heteroatoms. The van der Waals surface area contributed by atoms with Crippen molar-refractivity contribution in [2.75, 3.05) is 0 Å². The van der Waals surface area contributed by atoms with Crippen molar-refractivity contribution in [1.82, 2.24) is 15.2 Å². The second-order valence-electron chi connectivity index (χ2n) is 8.22. The SMILES string of the molecule is O=C(N/N=C\c1cn(-c2ccccc2)nc1-c1ccccc1)c1ccc(OCc2ccc(Cl)cc2)cc1. The Morgan fingerprint density at radius 3 is 2.27 bits per heavy atom. The second kappa shape index (κ2) is 11.4. The van der Waals surface area contributed by atoms with Gasteiger partial charge in [0.2, 0.25) is 0 Å². The fourth-order valence-electron chi connectivity index (χ4n) is 3.69. The summed E-state index contributed by atoms with van der Waals surface area (Å²) in [5.41, 5.74) is 7.51. The quantitative estimate of drug-likeness (QED) is 0.192. The van der Waals surface area contributed by atoms with E-state index in [2.05, 4.69) is 10.5 Å². The number of hydrogen-bond acceptors (Lipinski definition) is 4. The summed E-state index contributed by atoms with van der Waals surface area (Å²) < 4.78 is 7.59. The molecule has 5 aromatic rings. The zero-order chi connectivity index (χ0) is 25.5. The summed E-state index contributed by atoms with van der Waals surface area (Å²) in [4.78, 5) is 12.6. The molecule has 0 fully saturated rings. The van der Waals surface area contributed by atoms with Crippen molar-refractivity contribution in [3.63, 3.8) is 0 Å². The highest BCUT2D eigenvalue weighted by Crippen LogP contribution is 2.22. The first kappa shape index (κ1) is 24.0. The molecule has 1 aromatic heterocycles. The lowest BCUT2D eigenvalue weighted by molar-refractivity contribution is 0.0955. The molecule has 37 heavy (non-hydrogen) atoms. The standard InChI is InChI=1S/C30H23ClN4O2/c31-26-15-11-22(12-16-26)21-37-28-17-13-24(14-18-28)30(36)33-32-19-25-20-35(27-9-5-2-6-10-27)34-29(25)23-7-3-1-4-8-23/h1-20H,21H2,(H,33,36)/b32-19-. The van der Waals surface area contributed by atoms with Gasteiger partial charge in [0.25, 0.3) is 5.91 Å². The highest BCUT2D eigenvalue weighted by molar-refractivity contribution is 6.30. The first-order valence-corrected chi connectivity index (χ1v) is 12.0. The number of para-hydroxylation sites is 1. The third kappa shape index (κ3) is 6.12. The molecule has 0 bridgehead atoms. The van der Waals surface area contributed by atoms with Crippen LogP contribution >= 0.6 is 11.6 Å². The predicted molar refractivity (Wildman–Crippen MR) is 146 cm³/mol. The largest absolute Gasteiger partial charge is 0.489 e. The Balaban J connectivity index is 1.26. The van der Waals surface area contributed by atoms with Crippen molar-refractivity contribution in [2.45, 2.75) is 6.61 Å².